The molecule has 0 aliphatic rings. The fourth-order valence-electron chi connectivity index (χ4n) is 0.906. The summed E-state index contributed by atoms with van der Waals surface area (Å²) in [4.78, 5) is 43.6. The number of hydrogen-bond acceptors (Lipinski definition) is 8. The first-order valence-corrected chi connectivity index (χ1v) is 5.64. The molecule has 21 heavy (non-hydrogen) atoms. The molecule has 0 aromatic heterocycles. The predicted octanol–water partition coefficient (Wildman–Crippen LogP) is -1.70. The Hall–Kier alpha value is -1.58. The number of esters is 4. The molecule has 0 rings (SSSR count). The molecule has 120 valence electrons. The molecule has 0 saturated carbocycles. The van der Waals surface area contributed by atoms with Crippen LogP contribution in [-0.4, -0.2) is 75.2 Å². The molecule has 0 spiro atoms. The van der Waals surface area contributed by atoms with Gasteiger partial charge >= 0.3 is 47.8 Å². The Bertz CT molecular complexity index is 355. The quantitative estimate of drug-likeness (QED) is 0.202. The van der Waals surface area contributed by atoms with Crippen molar-refractivity contribution < 1.29 is 38.1 Å². The molecule has 0 unspecified atom stereocenters. The van der Waals surface area contributed by atoms with Crippen LogP contribution in [0, 0.1) is 0 Å². The maximum absolute atomic E-state index is 11.1. The molecule has 0 radical (unpaired) electrons. The van der Waals surface area contributed by atoms with E-state index in [9.17, 15) is 19.2 Å². The van der Waals surface area contributed by atoms with Crippen LogP contribution in [0.2, 0.25) is 0 Å². The van der Waals surface area contributed by atoms with Crippen molar-refractivity contribution >= 4 is 47.8 Å². The van der Waals surface area contributed by atoms with Crippen molar-refractivity contribution in [1.82, 2.24) is 0 Å². The van der Waals surface area contributed by atoms with E-state index in [2.05, 4.69) is 18.9 Å². The molecule has 0 amide bonds. The second-order valence-corrected chi connectivity index (χ2v) is 3.32. The van der Waals surface area contributed by atoms with Crippen LogP contribution in [0.3, 0.4) is 0 Å². The Morgan fingerprint density at radius 3 is 1.38 bits per heavy atom. The first-order valence-electron chi connectivity index (χ1n) is 5.64. The van der Waals surface area contributed by atoms with E-state index in [1.165, 1.54) is 14.2 Å². The summed E-state index contributed by atoms with van der Waals surface area (Å²) >= 11 is 0. The third-order valence-electron chi connectivity index (χ3n) is 1.91. The van der Waals surface area contributed by atoms with Crippen molar-refractivity contribution in [2.45, 2.75) is 12.8 Å². The van der Waals surface area contributed by atoms with E-state index in [1.54, 1.807) is 0 Å². The molecular weight excluding hydrogens is 391 g/mol. The van der Waals surface area contributed by atoms with Crippen molar-refractivity contribution in [3.8, 4) is 0 Å². The van der Waals surface area contributed by atoms with Crippen LogP contribution in [0.25, 0.3) is 0 Å². The fraction of sp³-hybridized carbons (Fsp3) is 0.500. The summed E-state index contributed by atoms with van der Waals surface area (Å²) in [6.45, 7) is -0.291. The molecule has 0 aliphatic heterocycles. The fourth-order valence-corrected chi connectivity index (χ4v) is 0.906. The van der Waals surface area contributed by atoms with Gasteiger partial charge in [0.1, 0.15) is 13.2 Å². The third-order valence-corrected chi connectivity index (χ3v) is 1.91. The molecule has 0 heterocycles. The van der Waals surface area contributed by atoms with Gasteiger partial charge in [-0.25, -0.2) is 9.59 Å². The average Bonchev–Trinajstić information content (AvgIpc) is 2.44. The third kappa shape index (κ3) is 13.2. The van der Waals surface area contributed by atoms with Gasteiger partial charge in [0.2, 0.25) is 0 Å². The van der Waals surface area contributed by atoms with Gasteiger partial charge < -0.3 is 18.9 Å². The van der Waals surface area contributed by atoms with Crippen LogP contribution in [0.1, 0.15) is 12.8 Å². The van der Waals surface area contributed by atoms with Gasteiger partial charge in [0.25, 0.3) is 0 Å². The summed E-state index contributed by atoms with van der Waals surface area (Å²) in [6, 6.07) is 0. The molecule has 0 saturated heterocycles. The molecule has 0 fully saturated rings. The van der Waals surface area contributed by atoms with E-state index in [1.807, 2.05) is 0 Å². The molecular formula is C12H20O8Sn. The minimum atomic E-state index is -0.793. The Balaban J connectivity index is 0. The molecule has 0 aromatic carbocycles. The number of hydrogen-bond donors (Lipinski definition) is 0. The van der Waals surface area contributed by atoms with Crippen molar-refractivity contribution in [3.63, 3.8) is 0 Å². The van der Waals surface area contributed by atoms with Crippen molar-refractivity contribution in [2.75, 3.05) is 27.4 Å². The van der Waals surface area contributed by atoms with Gasteiger partial charge in [-0.05, 0) is 0 Å². The first-order chi connectivity index (χ1) is 9.49. The van der Waals surface area contributed by atoms with Crippen LogP contribution in [0.4, 0.5) is 0 Å². The van der Waals surface area contributed by atoms with Crippen LogP contribution in [-0.2, 0) is 38.1 Å². The summed E-state index contributed by atoms with van der Waals surface area (Å²) in [5.41, 5.74) is 0. The van der Waals surface area contributed by atoms with Gasteiger partial charge in [0.15, 0.2) is 0 Å². The minimum absolute atomic E-state index is 0. The number of rotatable bonds is 8. The Kier molecular flexibility index (Phi) is 13.9. The van der Waals surface area contributed by atoms with Crippen molar-refractivity contribution in [3.05, 3.63) is 12.2 Å². The number of carbonyl (C=O) groups excluding carboxylic acids is 4. The zero-order valence-electron chi connectivity index (χ0n) is 11.2. The van der Waals surface area contributed by atoms with E-state index < -0.39 is 23.9 Å². The second-order valence-electron chi connectivity index (χ2n) is 3.32. The van der Waals surface area contributed by atoms with E-state index in [0.717, 1.165) is 12.2 Å². The summed E-state index contributed by atoms with van der Waals surface area (Å²) < 4.78 is 17.9. The number of carbonyl (C=O) groups is 4. The van der Waals surface area contributed by atoms with Crippen LogP contribution in [0.15, 0.2) is 12.2 Å². The van der Waals surface area contributed by atoms with E-state index in [4.69, 9.17) is 0 Å². The molecule has 8 nitrogen and oxygen atoms in total. The summed E-state index contributed by atoms with van der Waals surface area (Å²) in [6.07, 6.45) is 1.58. The zero-order valence-corrected chi connectivity index (χ0v) is 11.2. The standard InChI is InChI=1S/C12H16O8.Sn.4H/c1-17-9(13)5-7-19-11(15)3-4-12(16)20-8-6-10(14)18-2;;;;;/h3-4H,5-8H2,1-2H3;;;;;/b4-3-;;;;;. The van der Waals surface area contributed by atoms with Gasteiger partial charge in [-0.15, -0.1) is 0 Å². The molecule has 0 aromatic rings. The van der Waals surface area contributed by atoms with Gasteiger partial charge in [-0.2, -0.15) is 0 Å². The van der Waals surface area contributed by atoms with E-state index in [0.29, 0.717) is 0 Å². The summed E-state index contributed by atoms with van der Waals surface area (Å²) in [5.74, 6) is -2.61. The molecule has 0 aliphatic carbocycles. The monoisotopic (exact) mass is 412 g/mol. The second kappa shape index (κ2) is 13.4. The maximum atomic E-state index is 11.1. The molecule has 0 N–H and O–H groups in total. The first kappa shape index (κ1) is 21.7. The van der Waals surface area contributed by atoms with Crippen LogP contribution >= 0.6 is 0 Å². The van der Waals surface area contributed by atoms with Gasteiger partial charge in [-0.1, -0.05) is 0 Å². The predicted molar refractivity (Wildman–Crippen MR) is 75.7 cm³/mol. The SMILES string of the molecule is COC(=O)CCOC(=O)/C=C\C(=O)OCCC(=O)OC.[SnH4]. The van der Waals surface area contributed by atoms with Crippen molar-refractivity contribution in [2.24, 2.45) is 0 Å². The molecule has 0 atom stereocenters. The van der Waals surface area contributed by atoms with Crippen LogP contribution < -0.4 is 0 Å². The number of methoxy groups -OCH3 is 2. The van der Waals surface area contributed by atoms with Crippen LogP contribution in [0.5, 0.6) is 0 Å². The molecule has 0 bridgehead atoms. The summed E-state index contributed by atoms with van der Waals surface area (Å²) in [7, 11) is 2.43. The topological polar surface area (TPSA) is 105 Å². The summed E-state index contributed by atoms with van der Waals surface area (Å²) in [5, 5.41) is 0. The van der Waals surface area contributed by atoms with E-state index >= 15 is 0 Å². The number of ether oxygens (including phenoxy) is 4. The van der Waals surface area contributed by atoms with E-state index in [-0.39, 0.29) is 50.0 Å². The molecule has 9 heteroatoms. The van der Waals surface area contributed by atoms with Crippen molar-refractivity contribution in [1.29, 1.82) is 0 Å². The Labute approximate surface area is 138 Å². The normalized spacial score (nSPS) is 9.43. The average molecular weight is 411 g/mol. The van der Waals surface area contributed by atoms with Gasteiger partial charge in [0.05, 0.1) is 27.1 Å². The van der Waals surface area contributed by atoms with Gasteiger partial charge in [-0.3, -0.25) is 9.59 Å². The Morgan fingerprint density at radius 2 is 1.10 bits per heavy atom. The zero-order chi connectivity index (χ0) is 15.4. The van der Waals surface area contributed by atoms with Gasteiger partial charge in [0, 0.05) is 12.2 Å². The Morgan fingerprint density at radius 1 is 0.762 bits per heavy atom.